The summed E-state index contributed by atoms with van der Waals surface area (Å²) in [6, 6.07) is 8.01. The van der Waals surface area contributed by atoms with Crippen LogP contribution in [0.2, 0.25) is 0 Å². The van der Waals surface area contributed by atoms with E-state index in [1.807, 2.05) is 23.1 Å². The van der Waals surface area contributed by atoms with Crippen molar-refractivity contribution in [3.63, 3.8) is 0 Å². The van der Waals surface area contributed by atoms with Crippen molar-refractivity contribution in [2.75, 3.05) is 13.2 Å². The molecule has 192 valence electrons. The average Bonchev–Trinajstić information content (AvgIpc) is 3.28. The Morgan fingerprint density at radius 3 is 2.75 bits per heavy atom. The summed E-state index contributed by atoms with van der Waals surface area (Å²) in [6.07, 6.45) is -3.53. The van der Waals surface area contributed by atoms with Crippen molar-refractivity contribution in [3.8, 4) is 0 Å². The van der Waals surface area contributed by atoms with Crippen molar-refractivity contribution in [1.29, 1.82) is 0 Å². The van der Waals surface area contributed by atoms with Crippen LogP contribution in [0.4, 0.5) is 0 Å². The predicted octanol–water partition coefficient (Wildman–Crippen LogP) is 0.473. The zero-order valence-corrected chi connectivity index (χ0v) is 19.6. The molecule has 0 spiro atoms. The van der Waals surface area contributed by atoms with Crippen LogP contribution in [0.3, 0.4) is 0 Å². The van der Waals surface area contributed by atoms with Gasteiger partial charge in [0.25, 0.3) is 5.91 Å². The molecule has 1 amide bonds. The van der Waals surface area contributed by atoms with Crippen LogP contribution < -0.4 is 0 Å². The maximum absolute atomic E-state index is 13.5. The lowest BCUT2D eigenvalue weighted by atomic mass is 9.74. The third kappa shape index (κ3) is 3.52. The number of para-hydroxylation sites is 1. The summed E-state index contributed by atoms with van der Waals surface area (Å²) in [7, 11) is 0. The molecule has 4 aliphatic heterocycles. The molecule has 0 radical (unpaired) electrons. The number of carbonyl (C=O) groups is 1. The molecule has 0 unspecified atom stereocenters. The van der Waals surface area contributed by atoms with Crippen molar-refractivity contribution < 1.29 is 39.4 Å². The number of H-pyrrole nitrogens is 1. The minimum atomic E-state index is -1.56. The fourth-order valence-electron chi connectivity index (χ4n) is 6.13. The fraction of sp³-hybridized carbons (Fsp3) is 0.500. The van der Waals surface area contributed by atoms with Crippen molar-refractivity contribution in [3.05, 3.63) is 60.0 Å². The van der Waals surface area contributed by atoms with Gasteiger partial charge in [-0.2, -0.15) is 0 Å². The molecule has 10 nitrogen and oxygen atoms in total. The van der Waals surface area contributed by atoms with Crippen LogP contribution in [-0.2, 0) is 25.4 Å². The maximum atomic E-state index is 13.5. The number of ether oxygens (including phenoxy) is 3. The molecule has 2 aromatic rings. The number of hydrogen-bond acceptors (Lipinski definition) is 8. The summed E-state index contributed by atoms with van der Waals surface area (Å²) in [5.41, 5.74) is 3.89. The van der Waals surface area contributed by atoms with Gasteiger partial charge in [0, 0.05) is 35.0 Å². The van der Waals surface area contributed by atoms with Crippen LogP contribution in [0, 0.1) is 11.8 Å². The van der Waals surface area contributed by atoms with E-state index < -0.39 is 49.5 Å². The fourth-order valence-corrected chi connectivity index (χ4v) is 6.13. The smallest absolute Gasteiger partial charge is 0.253 e. The molecule has 10 heteroatoms. The van der Waals surface area contributed by atoms with E-state index in [9.17, 15) is 25.2 Å². The number of aromatic nitrogens is 1. The first-order valence-electron chi connectivity index (χ1n) is 12.3. The highest BCUT2D eigenvalue weighted by molar-refractivity contribution is 5.96. The molecule has 0 aliphatic carbocycles. The second kappa shape index (κ2) is 8.98. The van der Waals surface area contributed by atoms with Crippen LogP contribution in [0.15, 0.2) is 48.8 Å². The summed E-state index contributed by atoms with van der Waals surface area (Å²) in [5, 5.41) is 41.3. The zero-order chi connectivity index (χ0) is 25.1. The third-order valence-corrected chi connectivity index (χ3v) is 8.04. The number of fused-ring (bicyclic) bond motifs is 6. The van der Waals surface area contributed by atoms with Gasteiger partial charge in [0.15, 0.2) is 6.29 Å². The Bertz CT molecular complexity index is 1210. The summed E-state index contributed by atoms with van der Waals surface area (Å²) >= 11 is 0. The predicted molar refractivity (Wildman–Crippen MR) is 126 cm³/mol. The number of aliphatic hydroxyl groups is 4. The van der Waals surface area contributed by atoms with E-state index >= 15 is 0 Å². The molecule has 5 heterocycles. The van der Waals surface area contributed by atoms with Gasteiger partial charge >= 0.3 is 0 Å². The van der Waals surface area contributed by atoms with Gasteiger partial charge in [-0.3, -0.25) is 4.79 Å². The Balaban J connectivity index is 1.28. The van der Waals surface area contributed by atoms with E-state index in [4.69, 9.17) is 14.2 Å². The molecule has 2 fully saturated rings. The number of rotatable bonds is 4. The molecule has 5 N–H and O–H groups in total. The zero-order valence-electron chi connectivity index (χ0n) is 19.6. The van der Waals surface area contributed by atoms with Crippen LogP contribution in [-0.4, -0.2) is 86.4 Å². The lowest BCUT2D eigenvalue weighted by Crippen LogP contribution is -2.60. The molecule has 0 saturated carbocycles. The summed E-state index contributed by atoms with van der Waals surface area (Å²) in [4.78, 5) is 19.0. The van der Waals surface area contributed by atoms with Gasteiger partial charge in [0.1, 0.15) is 24.4 Å². The largest absolute Gasteiger partial charge is 0.471 e. The minimum absolute atomic E-state index is 0.0845. The summed E-state index contributed by atoms with van der Waals surface area (Å²) < 4.78 is 17.2. The lowest BCUT2D eigenvalue weighted by Gasteiger charge is -2.48. The molecule has 2 saturated heterocycles. The molecule has 1 aromatic carbocycles. The Hall–Kier alpha value is -2.73. The molecule has 6 rings (SSSR count). The Kier molecular flexibility index (Phi) is 5.90. The first-order chi connectivity index (χ1) is 17.4. The van der Waals surface area contributed by atoms with Crippen molar-refractivity contribution in [2.24, 2.45) is 11.8 Å². The number of nitrogens with one attached hydrogen (secondary N) is 1. The van der Waals surface area contributed by atoms with E-state index in [0.717, 1.165) is 17.6 Å². The SMILES string of the molecule is C=C[C@H]1[C@H](O[C@@H]2O[C@H](CO)[C@@H](O)[C@H](O)[C@H]2O)OC=C2C(=O)N3CCc4c([nH]c5ccccc45)[C@@H]3C[C@H]21. The number of piperidine rings is 1. The Morgan fingerprint density at radius 1 is 1.17 bits per heavy atom. The number of hydrogen-bond donors (Lipinski definition) is 5. The molecule has 1 aromatic heterocycles. The topological polar surface area (TPSA) is 145 Å². The quantitative estimate of drug-likeness (QED) is 0.383. The molecular weight excluding hydrogens is 468 g/mol. The number of benzene rings is 1. The standard InChI is InChI=1S/C26H30N2O8/c1-2-12-15-9-18-20-14(13-5-3-4-6-17(13)27-20)7-8-28(18)24(33)16(15)11-34-25(12)36-26-23(32)22(31)21(30)19(10-29)35-26/h2-6,11-12,15,18-19,21-23,25-27,29-32H,1,7-10H2/t12-,15+,18+,19-,21-,22+,23-,25+,26+/m1/s1. The van der Waals surface area contributed by atoms with Crippen LogP contribution in [0.1, 0.15) is 23.7 Å². The molecule has 36 heavy (non-hydrogen) atoms. The third-order valence-electron chi connectivity index (χ3n) is 8.04. The van der Waals surface area contributed by atoms with E-state index in [1.54, 1.807) is 6.08 Å². The normalized spacial score (nSPS) is 38.0. The summed E-state index contributed by atoms with van der Waals surface area (Å²) in [5.74, 6) is -0.783. The molecule has 9 atom stereocenters. The Morgan fingerprint density at radius 2 is 1.97 bits per heavy atom. The Labute approximate surface area is 207 Å². The highest BCUT2D eigenvalue weighted by Crippen LogP contribution is 2.48. The van der Waals surface area contributed by atoms with E-state index in [1.165, 1.54) is 17.2 Å². The van der Waals surface area contributed by atoms with Crippen LogP contribution in [0.5, 0.6) is 0 Å². The van der Waals surface area contributed by atoms with Crippen molar-refractivity contribution in [2.45, 2.75) is 55.9 Å². The number of aromatic amines is 1. The van der Waals surface area contributed by atoms with E-state index in [2.05, 4.69) is 17.6 Å². The first kappa shape index (κ1) is 23.7. The highest BCUT2D eigenvalue weighted by Gasteiger charge is 2.51. The number of nitrogens with zero attached hydrogens (tertiary/aromatic N) is 1. The van der Waals surface area contributed by atoms with Crippen LogP contribution >= 0.6 is 0 Å². The minimum Gasteiger partial charge on any atom is -0.471 e. The van der Waals surface area contributed by atoms with Gasteiger partial charge in [0.05, 0.1) is 24.5 Å². The summed E-state index contributed by atoms with van der Waals surface area (Å²) in [6.45, 7) is 4.01. The number of amides is 1. The van der Waals surface area contributed by atoms with Gasteiger partial charge in [0.2, 0.25) is 6.29 Å². The van der Waals surface area contributed by atoms with Gasteiger partial charge in [-0.25, -0.2) is 0 Å². The van der Waals surface area contributed by atoms with Gasteiger partial charge < -0.3 is 44.5 Å². The second-order valence-corrected chi connectivity index (χ2v) is 9.89. The maximum Gasteiger partial charge on any atom is 0.253 e. The first-order valence-corrected chi connectivity index (χ1v) is 12.3. The van der Waals surface area contributed by atoms with Gasteiger partial charge in [-0.05, 0) is 24.5 Å². The van der Waals surface area contributed by atoms with Crippen molar-refractivity contribution in [1.82, 2.24) is 9.88 Å². The highest BCUT2D eigenvalue weighted by atomic mass is 16.8. The molecule has 4 aliphatic rings. The van der Waals surface area contributed by atoms with Gasteiger partial charge in [-0.15, -0.1) is 6.58 Å². The average molecular weight is 499 g/mol. The van der Waals surface area contributed by atoms with E-state index in [-0.39, 0.29) is 17.9 Å². The monoisotopic (exact) mass is 498 g/mol. The second-order valence-electron chi connectivity index (χ2n) is 9.89. The van der Waals surface area contributed by atoms with E-state index in [0.29, 0.717) is 18.5 Å². The molecular formula is C26H30N2O8. The molecule has 0 bridgehead atoms. The number of carbonyl (C=O) groups excluding carboxylic acids is 1. The van der Waals surface area contributed by atoms with Gasteiger partial charge in [-0.1, -0.05) is 24.3 Å². The number of aliphatic hydroxyl groups excluding tert-OH is 4. The lowest BCUT2D eigenvalue weighted by molar-refractivity contribution is -0.339. The van der Waals surface area contributed by atoms with Crippen LogP contribution in [0.25, 0.3) is 10.9 Å². The van der Waals surface area contributed by atoms with Crippen molar-refractivity contribution >= 4 is 16.8 Å².